The molecule has 150 valence electrons. The van der Waals surface area contributed by atoms with Gasteiger partial charge in [-0.25, -0.2) is 0 Å². The lowest BCUT2D eigenvalue weighted by Crippen LogP contribution is -2.40. The van der Waals surface area contributed by atoms with Crippen molar-refractivity contribution in [3.05, 3.63) is 65.2 Å². The van der Waals surface area contributed by atoms with E-state index >= 15 is 0 Å². The van der Waals surface area contributed by atoms with Gasteiger partial charge in [0.15, 0.2) is 0 Å². The number of fused-ring (bicyclic) bond motifs is 1. The van der Waals surface area contributed by atoms with Crippen LogP contribution in [0, 0.1) is 12.8 Å². The van der Waals surface area contributed by atoms with Gasteiger partial charge >= 0.3 is 0 Å². The first-order valence-corrected chi connectivity index (χ1v) is 10.1. The maximum atomic E-state index is 13.0. The standard InChI is InChI=1S/C24H29NO3.H2/c1-17-13-18(9-10-21(17)28-16-23(2,3)27)22(26)25-12-11-24(14-20(24)15-25)19-7-5-4-6-8-19;/h4-10,13,20,27H,11-12,14-16H2,1-3H3;1H/t20-,24-;/m1./s1. The lowest BCUT2D eigenvalue weighted by Gasteiger charge is -2.32. The van der Waals surface area contributed by atoms with Crippen LogP contribution < -0.4 is 4.74 Å². The SMILES string of the molecule is Cc1cc(C(=O)N2CC[C@]3(c4ccccc4)C[C@@H]3C2)ccc1OCC(C)(C)O.[HH]. The molecular weight excluding hydrogens is 350 g/mol. The van der Waals surface area contributed by atoms with E-state index in [1.807, 2.05) is 30.0 Å². The van der Waals surface area contributed by atoms with Gasteiger partial charge in [0.25, 0.3) is 5.91 Å². The monoisotopic (exact) mass is 381 g/mol. The molecule has 0 spiro atoms. The summed E-state index contributed by atoms with van der Waals surface area (Å²) in [6, 6.07) is 16.3. The second-order valence-corrected chi connectivity index (χ2v) is 9.01. The van der Waals surface area contributed by atoms with Crippen molar-refractivity contribution < 1.29 is 16.1 Å². The first kappa shape index (κ1) is 19.0. The van der Waals surface area contributed by atoms with Crippen LogP contribution in [0.5, 0.6) is 5.75 Å². The van der Waals surface area contributed by atoms with Crippen molar-refractivity contribution in [1.29, 1.82) is 0 Å². The molecule has 0 aromatic heterocycles. The molecule has 0 unspecified atom stereocenters. The summed E-state index contributed by atoms with van der Waals surface area (Å²) in [6.45, 7) is 7.22. The molecule has 2 fully saturated rings. The predicted molar refractivity (Wildman–Crippen MR) is 112 cm³/mol. The number of aryl methyl sites for hydroxylation is 1. The molecule has 28 heavy (non-hydrogen) atoms. The van der Waals surface area contributed by atoms with Crippen molar-refractivity contribution in [3.63, 3.8) is 0 Å². The molecule has 4 heteroatoms. The highest BCUT2D eigenvalue weighted by Crippen LogP contribution is 2.59. The van der Waals surface area contributed by atoms with E-state index in [4.69, 9.17) is 4.74 Å². The molecule has 1 aliphatic heterocycles. The molecular formula is C24H31NO3. The quantitative estimate of drug-likeness (QED) is 0.845. The fourth-order valence-corrected chi connectivity index (χ4v) is 4.45. The summed E-state index contributed by atoms with van der Waals surface area (Å²) in [5.41, 5.74) is 2.46. The Hall–Kier alpha value is -2.33. The number of hydrogen-bond acceptors (Lipinski definition) is 3. The molecule has 0 radical (unpaired) electrons. The lowest BCUT2D eigenvalue weighted by atomic mass is 9.87. The molecule has 0 bridgehead atoms. The van der Waals surface area contributed by atoms with Crippen LogP contribution in [0.1, 0.15) is 49.6 Å². The molecule has 1 aliphatic carbocycles. The molecule has 1 saturated heterocycles. The van der Waals surface area contributed by atoms with E-state index in [2.05, 4.69) is 30.3 Å². The van der Waals surface area contributed by atoms with Gasteiger partial charge < -0.3 is 14.7 Å². The zero-order valence-corrected chi connectivity index (χ0v) is 16.9. The predicted octanol–water partition coefficient (Wildman–Crippen LogP) is 4.19. The number of benzene rings is 2. The van der Waals surface area contributed by atoms with Gasteiger partial charge in [-0.15, -0.1) is 0 Å². The average molecular weight is 382 g/mol. The Bertz CT molecular complexity index is 877. The summed E-state index contributed by atoms with van der Waals surface area (Å²) >= 11 is 0. The normalized spacial score (nSPS) is 23.9. The third-order valence-corrected chi connectivity index (χ3v) is 6.14. The van der Waals surface area contributed by atoms with Crippen molar-refractivity contribution in [2.45, 2.75) is 44.6 Å². The molecule has 1 heterocycles. The van der Waals surface area contributed by atoms with Gasteiger partial charge in [0.1, 0.15) is 12.4 Å². The van der Waals surface area contributed by atoms with Gasteiger partial charge in [-0.3, -0.25) is 4.79 Å². The van der Waals surface area contributed by atoms with Gasteiger partial charge in [-0.1, -0.05) is 30.3 Å². The Morgan fingerprint density at radius 2 is 2.04 bits per heavy atom. The van der Waals surface area contributed by atoms with Crippen molar-refractivity contribution in [2.24, 2.45) is 5.92 Å². The van der Waals surface area contributed by atoms with Gasteiger partial charge in [-0.2, -0.15) is 0 Å². The Kier molecular flexibility index (Phi) is 4.70. The Labute approximate surface area is 168 Å². The number of carbonyl (C=O) groups excluding carboxylic acids is 1. The van der Waals surface area contributed by atoms with Crippen LogP contribution in [0.3, 0.4) is 0 Å². The van der Waals surface area contributed by atoms with E-state index in [9.17, 15) is 9.90 Å². The van der Waals surface area contributed by atoms with E-state index in [0.29, 0.717) is 22.6 Å². The zero-order valence-electron chi connectivity index (χ0n) is 16.9. The van der Waals surface area contributed by atoms with Crippen LogP contribution >= 0.6 is 0 Å². The zero-order chi connectivity index (χ0) is 19.9. The minimum Gasteiger partial charge on any atom is -0.490 e. The number of nitrogens with zero attached hydrogens (tertiary/aromatic N) is 1. The molecule has 4 rings (SSSR count). The van der Waals surface area contributed by atoms with Crippen LogP contribution in [0.4, 0.5) is 0 Å². The van der Waals surface area contributed by atoms with Crippen molar-refractivity contribution in [3.8, 4) is 5.75 Å². The first-order chi connectivity index (χ1) is 13.3. The summed E-state index contributed by atoms with van der Waals surface area (Å²) in [6.07, 6.45) is 2.22. The maximum Gasteiger partial charge on any atom is 0.253 e. The Morgan fingerprint density at radius 1 is 1.29 bits per heavy atom. The summed E-state index contributed by atoms with van der Waals surface area (Å²) in [5.74, 6) is 1.39. The number of ether oxygens (including phenoxy) is 1. The van der Waals surface area contributed by atoms with Crippen molar-refractivity contribution in [2.75, 3.05) is 19.7 Å². The van der Waals surface area contributed by atoms with Crippen molar-refractivity contribution >= 4 is 5.91 Å². The topological polar surface area (TPSA) is 49.8 Å². The Morgan fingerprint density at radius 3 is 2.68 bits per heavy atom. The van der Waals surface area contributed by atoms with E-state index in [0.717, 1.165) is 25.1 Å². The van der Waals surface area contributed by atoms with Crippen LogP contribution in [0.25, 0.3) is 0 Å². The minimum atomic E-state index is -0.885. The maximum absolute atomic E-state index is 13.0. The second-order valence-electron chi connectivity index (χ2n) is 9.01. The molecule has 2 aromatic rings. The van der Waals surface area contributed by atoms with E-state index in [1.165, 1.54) is 12.0 Å². The molecule has 2 aliphatic rings. The molecule has 2 aromatic carbocycles. The number of piperidine rings is 1. The number of carbonyl (C=O) groups is 1. The third kappa shape index (κ3) is 3.66. The molecule has 1 saturated carbocycles. The number of likely N-dealkylation sites (tertiary alicyclic amines) is 1. The van der Waals surface area contributed by atoms with Crippen LogP contribution in [-0.4, -0.2) is 41.2 Å². The smallest absolute Gasteiger partial charge is 0.253 e. The van der Waals surface area contributed by atoms with Gasteiger partial charge in [-0.05, 0) is 68.9 Å². The molecule has 1 N–H and O–H groups in total. The average Bonchev–Trinajstić information content (AvgIpc) is 3.41. The highest BCUT2D eigenvalue weighted by Gasteiger charge is 2.57. The second kappa shape index (κ2) is 6.93. The van der Waals surface area contributed by atoms with E-state index in [-0.39, 0.29) is 13.9 Å². The number of rotatable bonds is 5. The fraction of sp³-hybridized carbons (Fsp3) is 0.458. The molecule has 4 nitrogen and oxygen atoms in total. The highest BCUT2D eigenvalue weighted by atomic mass is 16.5. The van der Waals surface area contributed by atoms with Crippen LogP contribution in [0.2, 0.25) is 0 Å². The minimum absolute atomic E-state index is 0. The van der Waals surface area contributed by atoms with Gasteiger partial charge in [0.05, 0.1) is 5.60 Å². The molecule has 2 atom stereocenters. The van der Waals surface area contributed by atoms with E-state index in [1.54, 1.807) is 13.8 Å². The highest BCUT2D eigenvalue weighted by molar-refractivity contribution is 5.94. The summed E-state index contributed by atoms with van der Waals surface area (Å²) in [5, 5.41) is 9.83. The van der Waals surface area contributed by atoms with Crippen molar-refractivity contribution in [1.82, 2.24) is 4.90 Å². The molecule has 1 amide bonds. The number of aliphatic hydroxyl groups is 1. The van der Waals surface area contributed by atoms with E-state index < -0.39 is 5.60 Å². The fourth-order valence-electron chi connectivity index (χ4n) is 4.45. The van der Waals surface area contributed by atoms with Gasteiger partial charge in [0.2, 0.25) is 0 Å². The van der Waals surface area contributed by atoms with Crippen LogP contribution in [-0.2, 0) is 5.41 Å². The Balaban J connectivity index is 0.00000240. The third-order valence-electron chi connectivity index (χ3n) is 6.14. The largest absolute Gasteiger partial charge is 0.490 e. The number of amides is 1. The summed E-state index contributed by atoms with van der Waals surface area (Å²) in [4.78, 5) is 15.0. The first-order valence-electron chi connectivity index (χ1n) is 10.1. The van der Waals surface area contributed by atoms with Crippen LogP contribution in [0.15, 0.2) is 48.5 Å². The van der Waals surface area contributed by atoms with Gasteiger partial charge in [0, 0.05) is 25.5 Å². The lowest BCUT2D eigenvalue weighted by molar-refractivity contribution is 0.0282. The summed E-state index contributed by atoms with van der Waals surface area (Å²) < 4.78 is 5.69. The summed E-state index contributed by atoms with van der Waals surface area (Å²) in [7, 11) is 0. The number of hydrogen-bond donors (Lipinski definition) is 1.